The van der Waals surface area contributed by atoms with Gasteiger partial charge in [-0.25, -0.2) is 4.98 Å². The molecule has 0 saturated heterocycles. The first kappa shape index (κ1) is 10.7. The van der Waals surface area contributed by atoms with Gasteiger partial charge in [-0.1, -0.05) is 24.3 Å². The number of pyridine rings is 1. The van der Waals surface area contributed by atoms with E-state index in [9.17, 15) is 0 Å². The predicted molar refractivity (Wildman–Crippen MR) is 69.4 cm³/mol. The van der Waals surface area contributed by atoms with E-state index in [1.54, 1.807) is 6.08 Å². The summed E-state index contributed by atoms with van der Waals surface area (Å²) < 4.78 is 5.27. The van der Waals surface area contributed by atoms with Crippen LogP contribution in [0.5, 0.6) is 0 Å². The first-order chi connectivity index (χ1) is 8.92. The Hall–Kier alpha value is -2.49. The largest absolute Gasteiger partial charge is 0.472 e. The highest BCUT2D eigenvalue weighted by Crippen LogP contribution is 2.18. The first-order valence-electron chi connectivity index (χ1n) is 5.69. The Kier molecular flexibility index (Phi) is 2.84. The van der Waals surface area contributed by atoms with Crippen LogP contribution in [0.4, 0.5) is 5.82 Å². The lowest BCUT2D eigenvalue weighted by molar-refractivity contribution is 0.238. The molecule has 3 rings (SSSR count). The van der Waals surface area contributed by atoms with Crippen molar-refractivity contribution in [3.05, 3.63) is 60.5 Å². The maximum Gasteiger partial charge on any atom is 0.233 e. The maximum atomic E-state index is 5.27. The van der Waals surface area contributed by atoms with E-state index in [2.05, 4.69) is 15.2 Å². The Morgan fingerprint density at radius 1 is 1.06 bits per heavy atom. The van der Waals surface area contributed by atoms with Crippen LogP contribution < -0.4 is 0 Å². The average molecular weight is 237 g/mol. The van der Waals surface area contributed by atoms with Crippen molar-refractivity contribution in [3.8, 4) is 0 Å². The van der Waals surface area contributed by atoms with Crippen LogP contribution in [0.15, 0.2) is 70.7 Å². The summed E-state index contributed by atoms with van der Waals surface area (Å²) in [6.45, 7) is 0.538. The SMILES string of the molecule is C1=CCOC(N=Nc2ccc3ccccc3n2)=C1. The number of hydrogen-bond donors (Lipinski definition) is 0. The summed E-state index contributed by atoms with van der Waals surface area (Å²) in [7, 11) is 0. The van der Waals surface area contributed by atoms with Gasteiger partial charge >= 0.3 is 0 Å². The topological polar surface area (TPSA) is 46.8 Å². The quantitative estimate of drug-likeness (QED) is 0.747. The standard InChI is InChI=1S/C14H11N3O/c1-2-6-12-11(5-1)8-9-13(15-12)16-17-14-7-3-4-10-18-14/h1-9H,10H2. The van der Waals surface area contributed by atoms with Crippen LogP contribution in [-0.4, -0.2) is 11.6 Å². The minimum absolute atomic E-state index is 0.507. The van der Waals surface area contributed by atoms with Crippen molar-refractivity contribution in [2.75, 3.05) is 6.61 Å². The number of aromatic nitrogens is 1. The number of hydrogen-bond acceptors (Lipinski definition) is 4. The smallest absolute Gasteiger partial charge is 0.233 e. The fourth-order valence-corrected chi connectivity index (χ4v) is 1.66. The Morgan fingerprint density at radius 3 is 2.89 bits per heavy atom. The highest BCUT2D eigenvalue weighted by Gasteiger charge is 1.99. The summed E-state index contributed by atoms with van der Waals surface area (Å²) in [5.74, 6) is 1.08. The molecule has 0 saturated carbocycles. The predicted octanol–water partition coefficient (Wildman–Crippen LogP) is 3.75. The van der Waals surface area contributed by atoms with Crippen LogP contribution in [0, 0.1) is 0 Å². The summed E-state index contributed by atoms with van der Waals surface area (Å²) in [4.78, 5) is 4.40. The zero-order valence-electron chi connectivity index (χ0n) is 9.65. The summed E-state index contributed by atoms with van der Waals surface area (Å²) >= 11 is 0. The maximum absolute atomic E-state index is 5.27. The Bertz CT molecular complexity index is 659. The second-order valence-electron chi connectivity index (χ2n) is 3.81. The second kappa shape index (κ2) is 4.79. The fourth-order valence-electron chi connectivity index (χ4n) is 1.66. The number of rotatable bonds is 2. The molecule has 0 spiro atoms. The molecule has 0 aliphatic carbocycles. The van der Waals surface area contributed by atoms with Gasteiger partial charge in [-0.2, -0.15) is 0 Å². The van der Waals surface area contributed by atoms with Crippen LogP contribution in [-0.2, 0) is 4.74 Å². The summed E-state index contributed by atoms with van der Waals surface area (Å²) in [6, 6.07) is 11.7. The molecule has 4 heteroatoms. The van der Waals surface area contributed by atoms with Crippen LogP contribution in [0.3, 0.4) is 0 Å². The van der Waals surface area contributed by atoms with Gasteiger partial charge < -0.3 is 4.74 Å². The molecule has 1 aromatic carbocycles. The molecule has 0 fully saturated rings. The molecule has 0 atom stereocenters. The molecular weight excluding hydrogens is 226 g/mol. The van der Waals surface area contributed by atoms with Gasteiger partial charge in [-0.15, -0.1) is 10.2 Å². The number of azo groups is 1. The van der Waals surface area contributed by atoms with E-state index in [1.807, 2.05) is 48.6 Å². The van der Waals surface area contributed by atoms with Gasteiger partial charge in [0.15, 0.2) is 5.82 Å². The van der Waals surface area contributed by atoms with E-state index < -0.39 is 0 Å². The summed E-state index contributed by atoms with van der Waals surface area (Å²) in [6.07, 6.45) is 5.58. The number of benzene rings is 1. The van der Waals surface area contributed by atoms with Gasteiger partial charge in [0.1, 0.15) is 6.61 Å². The highest BCUT2D eigenvalue weighted by atomic mass is 16.5. The number of fused-ring (bicyclic) bond motifs is 1. The van der Waals surface area contributed by atoms with E-state index in [1.165, 1.54) is 0 Å². The number of para-hydroxylation sites is 1. The van der Waals surface area contributed by atoms with Gasteiger partial charge in [0.05, 0.1) is 5.52 Å². The van der Waals surface area contributed by atoms with Gasteiger partial charge in [0, 0.05) is 11.5 Å². The van der Waals surface area contributed by atoms with Crippen molar-refractivity contribution in [2.24, 2.45) is 10.2 Å². The van der Waals surface area contributed by atoms with Gasteiger partial charge in [0.2, 0.25) is 5.88 Å². The van der Waals surface area contributed by atoms with Crippen LogP contribution in [0.1, 0.15) is 0 Å². The molecule has 0 amide bonds. The van der Waals surface area contributed by atoms with Crippen LogP contribution in [0.2, 0.25) is 0 Å². The molecule has 4 nitrogen and oxygen atoms in total. The molecule has 2 aromatic rings. The summed E-state index contributed by atoms with van der Waals surface area (Å²) in [5, 5.41) is 9.17. The minimum atomic E-state index is 0.507. The molecule has 0 unspecified atom stereocenters. The second-order valence-corrected chi connectivity index (χ2v) is 3.81. The molecule has 2 heterocycles. The molecule has 0 bridgehead atoms. The Morgan fingerprint density at radius 2 is 2.00 bits per heavy atom. The van der Waals surface area contributed by atoms with Gasteiger partial charge in [-0.05, 0) is 24.3 Å². The average Bonchev–Trinajstić information content (AvgIpc) is 2.46. The molecule has 0 radical (unpaired) electrons. The molecular formula is C14H11N3O. The van der Waals surface area contributed by atoms with Gasteiger partial charge in [0.25, 0.3) is 0 Å². The lowest BCUT2D eigenvalue weighted by Crippen LogP contribution is -1.92. The number of allylic oxidation sites excluding steroid dienone is 2. The number of ether oxygens (including phenoxy) is 1. The zero-order chi connectivity index (χ0) is 12.2. The molecule has 0 N–H and O–H groups in total. The van der Waals surface area contributed by atoms with Crippen LogP contribution in [0.25, 0.3) is 10.9 Å². The Labute approximate surface area is 104 Å². The molecule has 18 heavy (non-hydrogen) atoms. The molecule has 88 valence electrons. The lowest BCUT2D eigenvalue weighted by atomic mass is 10.2. The third kappa shape index (κ3) is 2.27. The van der Waals surface area contributed by atoms with E-state index in [4.69, 9.17) is 4.74 Å². The minimum Gasteiger partial charge on any atom is -0.472 e. The third-order valence-corrected chi connectivity index (χ3v) is 2.54. The van der Waals surface area contributed by atoms with Crippen molar-refractivity contribution < 1.29 is 4.74 Å². The van der Waals surface area contributed by atoms with Crippen molar-refractivity contribution in [3.63, 3.8) is 0 Å². The van der Waals surface area contributed by atoms with E-state index in [0.717, 1.165) is 10.9 Å². The summed E-state index contributed by atoms with van der Waals surface area (Å²) in [5.41, 5.74) is 0.910. The van der Waals surface area contributed by atoms with Crippen molar-refractivity contribution in [1.29, 1.82) is 0 Å². The first-order valence-corrected chi connectivity index (χ1v) is 5.69. The van der Waals surface area contributed by atoms with E-state index in [-0.39, 0.29) is 0 Å². The van der Waals surface area contributed by atoms with Crippen molar-refractivity contribution >= 4 is 16.7 Å². The van der Waals surface area contributed by atoms with Crippen molar-refractivity contribution in [1.82, 2.24) is 4.98 Å². The monoisotopic (exact) mass is 237 g/mol. The molecule has 1 aliphatic heterocycles. The zero-order valence-corrected chi connectivity index (χ0v) is 9.65. The van der Waals surface area contributed by atoms with E-state index in [0.29, 0.717) is 18.3 Å². The highest BCUT2D eigenvalue weighted by molar-refractivity contribution is 5.79. The molecule has 1 aliphatic rings. The number of nitrogens with zero attached hydrogens (tertiary/aromatic N) is 3. The normalized spacial score (nSPS) is 14.8. The Balaban J connectivity index is 1.88. The van der Waals surface area contributed by atoms with E-state index >= 15 is 0 Å². The third-order valence-electron chi connectivity index (χ3n) is 2.54. The molecule has 1 aromatic heterocycles. The van der Waals surface area contributed by atoms with Crippen molar-refractivity contribution in [2.45, 2.75) is 0 Å². The van der Waals surface area contributed by atoms with Gasteiger partial charge in [-0.3, -0.25) is 0 Å². The van der Waals surface area contributed by atoms with Crippen LogP contribution >= 0.6 is 0 Å². The fraction of sp³-hybridized carbons (Fsp3) is 0.0714. The lowest BCUT2D eigenvalue weighted by Gasteiger charge is -2.04.